The Kier molecular flexibility index (Phi) is 6.28. The van der Waals surface area contributed by atoms with E-state index in [1.165, 1.54) is 6.33 Å². The second kappa shape index (κ2) is 9.05. The molecule has 0 bridgehead atoms. The maximum atomic E-state index is 5.06. The van der Waals surface area contributed by atoms with Crippen molar-refractivity contribution in [2.45, 2.75) is 13.0 Å². The molecule has 0 aromatic carbocycles. The zero-order valence-corrected chi connectivity index (χ0v) is 16.4. The predicted molar refractivity (Wildman–Crippen MR) is 109 cm³/mol. The number of anilines is 3. The highest BCUT2D eigenvalue weighted by Crippen LogP contribution is 2.20. The summed E-state index contributed by atoms with van der Waals surface area (Å²) >= 11 is 0. The van der Waals surface area contributed by atoms with E-state index in [1.54, 1.807) is 25.6 Å². The summed E-state index contributed by atoms with van der Waals surface area (Å²) in [5.41, 5.74) is 1.61. The number of hydrogen-bond acceptors (Lipinski definition) is 9. The molecule has 0 saturated heterocycles. The van der Waals surface area contributed by atoms with Crippen LogP contribution >= 0.6 is 0 Å². The summed E-state index contributed by atoms with van der Waals surface area (Å²) in [4.78, 5) is 23.6. The van der Waals surface area contributed by atoms with Crippen LogP contribution in [0.25, 0.3) is 11.4 Å². The molecule has 0 amide bonds. The van der Waals surface area contributed by atoms with Gasteiger partial charge in [-0.25, -0.2) is 19.9 Å². The van der Waals surface area contributed by atoms with Crippen molar-refractivity contribution in [3.63, 3.8) is 0 Å². The molecule has 0 radical (unpaired) electrons. The Balaban J connectivity index is 1.75. The predicted octanol–water partition coefficient (Wildman–Crippen LogP) is 2.44. The Morgan fingerprint density at radius 3 is 2.68 bits per heavy atom. The van der Waals surface area contributed by atoms with E-state index in [2.05, 4.69) is 47.4 Å². The monoisotopic (exact) mass is 380 g/mol. The third-order valence-corrected chi connectivity index (χ3v) is 3.82. The first-order chi connectivity index (χ1) is 13.5. The summed E-state index contributed by atoms with van der Waals surface area (Å²) in [7, 11) is 5.66. The van der Waals surface area contributed by atoms with Gasteiger partial charge in [0.1, 0.15) is 12.1 Å². The van der Waals surface area contributed by atoms with Crippen LogP contribution < -0.4 is 15.4 Å². The number of hydrogen-bond donors (Lipinski definition) is 2. The minimum Gasteiger partial charge on any atom is -0.481 e. The number of methoxy groups -OCH3 is 1. The van der Waals surface area contributed by atoms with Crippen molar-refractivity contribution < 1.29 is 4.74 Å². The molecule has 1 atom stereocenters. The van der Waals surface area contributed by atoms with Gasteiger partial charge in [0.05, 0.1) is 19.0 Å². The molecule has 0 aliphatic heterocycles. The van der Waals surface area contributed by atoms with Gasteiger partial charge in [-0.15, -0.1) is 0 Å². The van der Waals surface area contributed by atoms with Gasteiger partial charge in [-0.05, 0) is 39.2 Å². The van der Waals surface area contributed by atoms with Crippen molar-refractivity contribution in [2.75, 3.05) is 38.4 Å². The molecule has 2 N–H and O–H groups in total. The summed E-state index contributed by atoms with van der Waals surface area (Å²) in [5, 5.41) is 6.51. The number of nitrogens with one attached hydrogen (secondary N) is 2. The minimum atomic E-state index is 0.260. The highest BCUT2D eigenvalue weighted by molar-refractivity contribution is 5.61. The average Bonchev–Trinajstić information content (AvgIpc) is 2.68. The van der Waals surface area contributed by atoms with Crippen LogP contribution in [0.15, 0.2) is 43.0 Å². The lowest BCUT2D eigenvalue weighted by Gasteiger charge is -2.19. The number of likely N-dealkylation sites (N-methyl/N-ethyl adjacent to an activating group) is 1. The van der Waals surface area contributed by atoms with Gasteiger partial charge >= 0.3 is 0 Å². The van der Waals surface area contributed by atoms with Crippen LogP contribution in [0.4, 0.5) is 17.5 Å². The molecule has 0 spiro atoms. The molecular weight excluding hydrogens is 356 g/mol. The standard InChI is InChI=1S/C19H24N8O/c1-13(11-27(2)3)24-16-9-14(7-8-20-16)18-22-12-23-19(26-18)25-15-5-6-17(28-4)21-10-15/h5-10,12-13H,11H2,1-4H3,(H,20,24)(H,22,23,25,26). The third-order valence-electron chi connectivity index (χ3n) is 3.82. The van der Waals surface area contributed by atoms with Gasteiger partial charge in [-0.2, -0.15) is 4.98 Å². The van der Waals surface area contributed by atoms with E-state index >= 15 is 0 Å². The second-order valence-electron chi connectivity index (χ2n) is 6.58. The van der Waals surface area contributed by atoms with Crippen molar-refractivity contribution in [1.82, 2.24) is 29.8 Å². The molecule has 3 aromatic heterocycles. The number of nitrogens with zero attached hydrogens (tertiary/aromatic N) is 6. The normalized spacial score (nSPS) is 11.9. The maximum absolute atomic E-state index is 5.06. The van der Waals surface area contributed by atoms with Crippen LogP contribution in [-0.2, 0) is 0 Å². The fourth-order valence-corrected chi connectivity index (χ4v) is 2.69. The van der Waals surface area contributed by atoms with Gasteiger partial charge in [0.15, 0.2) is 5.82 Å². The van der Waals surface area contributed by atoms with Crippen LogP contribution in [0, 0.1) is 0 Å². The second-order valence-corrected chi connectivity index (χ2v) is 6.58. The zero-order chi connectivity index (χ0) is 19.9. The molecular formula is C19H24N8O. The van der Waals surface area contributed by atoms with Crippen LogP contribution in [0.1, 0.15) is 6.92 Å². The van der Waals surface area contributed by atoms with E-state index in [9.17, 15) is 0 Å². The van der Waals surface area contributed by atoms with E-state index in [4.69, 9.17) is 4.74 Å². The van der Waals surface area contributed by atoms with Crippen molar-refractivity contribution >= 4 is 17.5 Å². The summed E-state index contributed by atoms with van der Waals surface area (Å²) in [5.74, 6) is 2.32. The Morgan fingerprint density at radius 1 is 1.11 bits per heavy atom. The molecule has 28 heavy (non-hydrogen) atoms. The van der Waals surface area contributed by atoms with Crippen molar-refractivity contribution in [1.29, 1.82) is 0 Å². The summed E-state index contributed by atoms with van der Waals surface area (Å²) < 4.78 is 5.06. The minimum absolute atomic E-state index is 0.260. The van der Waals surface area contributed by atoms with Crippen LogP contribution in [0.2, 0.25) is 0 Å². The molecule has 0 saturated carbocycles. The molecule has 146 valence electrons. The highest BCUT2D eigenvalue weighted by atomic mass is 16.5. The first-order valence-corrected chi connectivity index (χ1v) is 8.87. The lowest BCUT2D eigenvalue weighted by atomic mass is 10.2. The van der Waals surface area contributed by atoms with E-state index in [0.717, 1.165) is 23.6 Å². The number of aromatic nitrogens is 5. The van der Waals surface area contributed by atoms with Crippen molar-refractivity contribution in [3.8, 4) is 17.3 Å². The summed E-state index contributed by atoms with van der Waals surface area (Å²) in [6, 6.07) is 7.67. The number of pyridine rings is 2. The zero-order valence-electron chi connectivity index (χ0n) is 16.4. The highest BCUT2D eigenvalue weighted by Gasteiger charge is 2.09. The maximum Gasteiger partial charge on any atom is 0.230 e. The smallest absolute Gasteiger partial charge is 0.230 e. The van der Waals surface area contributed by atoms with Gasteiger partial charge in [-0.1, -0.05) is 0 Å². The lowest BCUT2D eigenvalue weighted by molar-refractivity contribution is 0.392. The SMILES string of the molecule is COc1ccc(Nc2ncnc(-c3ccnc(NC(C)CN(C)C)c3)n2)cn1. The molecule has 0 aliphatic carbocycles. The van der Waals surface area contributed by atoms with Crippen LogP contribution in [0.5, 0.6) is 5.88 Å². The molecule has 1 unspecified atom stereocenters. The molecule has 3 aromatic rings. The Bertz CT molecular complexity index is 900. The Labute approximate surface area is 164 Å². The van der Waals surface area contributed by atoms with E-state index in [-0.39, 0.29) is 6.04 Å². The molecule has 0 fully saturated rings. The largest absolute Gasteiger partial charge is 0.481 e. The van der Waals surface area contributed by atoms with E-state index in [1.807, 2.05) is 32.3 Å². The topological polar surface area (TPSA) is 101 Å². The molecule has 0 aliphatic rings. The average molecular weight is 380 g/mol. The fraction of sp³-hybridized carbons (Fsp3) is 0.316. The van der Waals surface area contributed by atoms with E-state index < -0.39 is 0 Å². The van der Waals surface area contributed by atoms with Crippen molar-refractivity contribution in [2.24, 2.45) is 0 Å². The Hall–Kier alpha value is -3.33. The summed E-state index contributed by atoms with van der Waals surface area (Å²) in [6.07, 6.45) is 4.87. The molecule has 9 nitrogen and oxygen atoms in total. The van der Waals surface area contributed by atoms with Crippen molar-refractivity contribution in [3.05, 3.63) is 43.0 Å². The molecule has 3 rings (SSSR count). The lowest BCUT2D eigenvalue weighted by Crippen LogP contribution is -2.29. The number of ether oxygens (including phenoxy) is 1. The van der Waals surface area contributed by atoms with Crippen LogP contribution in [-0.4, -0.2) is 63.6 Å². The summed E-state index contributed by atoms with van der Waals surface area (Å²) in [6.45, 7) is 3.02. The van der Waals surface area contributed by atoms with Gasteiger partial charge in [0.2, 0.25) is 11.8 Å². The van der Waals surface area contributed by atoms with Gasteiger partial charge in [0.25, 0.3) is 0 Å². The van der Waals surface area contributed by atoms with Gasteiger partial charge in [-0.3, -0.25) is 0 Å². The molecule has 9 heteroatoms. The first-order valence-electron chi connectivity index (χ1n) is 8.87. The fourth-order valence-electron chi connectivity index (χ4n) is 2.69. The Morgan fingerprint density at radius 2 is 1.96 bits per heavy atom. The van der Waals surface area contributed by atoms with Gasteiger partial charge in [0, 0.05) is 30.4 Å². The van der Waals surface area contributed by atoms with E-state index in [0.29, 0.717) is 17.7 Å². The van der Waals surface area contributed by atoms with Gasteiger partial charge < -0.3 is 20.3 Å². The quantitative estimate of drug-likeness (QED) is 0.610. The number of rotatable bonds is 8. The molecule has 3 heterocycles. The third kappa shape index (κ3) is 5.34. The first kappa shape index (κ1) is 19.4. The van der Waals surface area contributed by atoms with Crippen LogP contribution in [0.3, 0.4) is 0 Å².